The summed E-state index contributed by atoms with van der Waals surface area (Å²) in [4.78, 5) is 27.4. The first-order chi connectivity index (χ1) is 13.2. The molecule has 0 saturated heterocycles. The van der Waals surface area contributed by atoms with E-state index in [1.54, 1.807) is 18.2 Å². The molecule has 0 fully saturated rings. The molecule has 2 aromatic carbocycles. The van der Waals surface area contributed by atoms with E-state index in [-0.39, 0.29) is 11.5 Å². The SMILES string of the molecule is O=C(NCCCCc1ccccc1)c1ccc2c(c1)[nH]c(=O)c1cccn12. The number of benzene rings is 2. The molecular formula is C22H21N3O2. The summed E-state index contributed by atoms with van der Waals surface area (Å²) in [6.07, 6.45) is 4.82. The van der Waals surface area contributed by atoms with E-state index in [0.717, 1.165) is 24.8 Å². The third-order valence-corrected chi connectivity index (χ3v) is 4.77. The van der Waals surface area contributed by atoms with Crippen molar-refractivity contribution < 1.29 is 4.79 Å². The van der Waals surface area contributed by atoms with Crippen molar-refractivity contribution in [1.82, 2.24) is 14.7 Å². The third-order valence-electron chi connectivity index (χ3n) is 4.77. The second-order valence-corrected chi connectivity index (χ2v) is 6.65. The van der Waals surface area contributed by atoms with E-state index >= 15 is 0 Å². The van der Waals surface area contributed by atoms with Gasteiger partial charge in [0, 0.05) is 18.3 Å². The molecule has 0 atom stereocenters. The van der Waals surface area contributed by atoms with Gasteiger partial charge in [-0.2, -0.15) is 0 Å². The van der Waals surface area contributed by atoms with E-state index in [1.165, 1.54) is 5.56 Å². The number of H-pyrrole nitrogens is 1. The molecule has 1 amide bonds. The number of carbonyl (C=O) groups is 1. The number of nitrogens with one attached hydrogen (secondary N) is 2. The highest BCUT2D eigenvalue weighted by Crippen LogP contribution is 2.15. The second kappa shape index (κ2) is 7.50. The van der Waals surface area contributed by atoms with Gasteiger partial charge in [0.15, 0.2) is 0 Å². The Labute approximate surface area is 156 Å². The number of rotatable bonds is 6. The van der Waals surface area contributed by atoms with E-state index < -0.39 is 0 Å². The van der Waals surface area contributed by atoms with Crippen LogP contribution in [0.3, 0.4) is 0 Å². The zero-order valence-corrected chi connectivity index (χ0v) is 14.9. The van der Waals surface area contributed by atoms with Crippen molar-refractivity contribution in [3.63, 3.8) is 0 Å². The van der Waals surface area contributed by atoms with Crippen molar-refractivity contribution in [2.45, 2.75) is 19.3 Å². The zero-order chi connectivity index (χ0) is 18.6. The monoisotopic (exact) mass is 359 g/mol. The van der Waals surface area contributed by atoms with Gasteiger partial charge in [-0.3, -0.25) is 9.59 Å². The molecule has 2 heterocycles. The average Bonchev–Trinajstić information content (AvgIpc) is 3.19. The topological polar surface area (TPSA) is 66.4 Å². The Bertz CT molecular complexity index is 1140. The maximum atomic E-state index is 12.4. The first-order valence-corrected chi connectivity index (χ1v) is 9.17. The normalized spacial score (nSPS) is 11.1. The lowest BCUT2D eigenvalue weighted by atomic mass is 10.1. The van der Waals surface area contributed by atoms with E-state index in [9.17, 15) is 9.59 Å². The quantitative estimate of drug-likeness (QED) is 0.517. The molecule has 4 rings (SSSR count). The summed E-state index contributed by atoms with van der Waals surface area (Å²) in [6, 6.07) is 19.3. The van der Waals surface area contributed by atoms with Gasteiger partial charge in [0.2, 0.25) is 0 Å². The number of aryl methyl sites for hydroxylation is 1. The van der Waals surface area contributed by atoms with E-state index in [1.807, 2.05) is 40.9 Å². The summed E-state index contributed by atoms with van der Waals surface area (Å²) in [6.45, 7) is 0.636. The Hall–Kier alpha value is -3.34. The Morgan fingerprint density at radius 1 is 0.963 bits per heavy atom. The smallest absolute Gasteiger partial charge is 0.272 e. The molecule has 0 saturated carbocycles. The average molecular weight is 359 g/mol. The Morgan fingerprint density at radius 2 is 1.81 bits per heavy atom. The molecule has 5 heteroatoms. The number of carbonyl (C=O) groups excluding carboxylic acids is 1. The molecular weight excluding hydrogens is 338 g/mol. The van der Waals surface area contributed by atoms with Gasteiger partial charge < -0.3 is 14.7 Å². The maximum Gasteiger partial charge on any atom is 0.272 e. The van der Waals surface area contributed by atoms with Crippen LogP contribution in [0.25, 0.3) is 16.6 Å². The lowest BCUT2D eigenvalue weighted by molar-refractivity contribution is 0.0953. The van der Waals surface area contributed by atoms with Crippen LogP contribution < -0.4 is 10.9 Å². The van der Waals surface area contributed by atoms with Gasteiger partial charge in [-0.1, -0.05) is 30.3 Å². The van der Waals surface area contributed by atoms with Crippen molar-refractivity contribution in [3.05, 3.63) is 88.3 Å². The maximum absolute atomic E-state index is 12.4. The summed E-state index contributed by atoms with van der Waals surface area (Å²) in [5.74, 6) is -0.120. The van der Waals surface area contributed by atoms with Crippen LogP contribution in [0.15, 0.2) is 71.7 Å². The predicted octanol–water partition coefficient (Wildman–Crippen LogP) is 3.53. The van der Waals surface area contributed by atoms with Crippen LogP contribution in [0.1, 0.15) is 28.8 Å². The fourth-order valence-corrected chi connectivity index (χ4v) is 3.35. The number of nitrogens with zero attached hydrogens (tertiary/aromatic N) is 1. The lowest BCUT2D eigenvalue weighted by Crippen LogP contribution is -2.24. The molecule has 0 aliphatic rings. The second-order valence-electron chi connectivity index (χ2n) is 6.65. The van der Waals surface area contributed by atoms with Gasteiger partial charge >= 0.3 is 0 Å². The summed E-state index contributed by atoms with van der Waals surface area (Å²) < 4.78 is 1.83. The number of amides is 1. The van der Waals surface area contributed by atoms with E-state index in [4.69, 9.17) is 0 Å². The number of unbranched alkanes of at least 4 members (excludes halogenated alkanes) is 1. The Morgan fingerprint density at radius 3 is 2.67 bits per heavy atom. The molecule has 0 spiro atoms. The molecule has 0 bridgehead atoms. The molecule has 0 unspecified atom stereocenters. The largest absolute Gasteiger partial charge is 0.352 e. The number of fused-ring (bicyclic) bond motifs is 3. The summed E-state index contributed by atoms with van der Waals surface area (Å²) >= 11 is 0. The predicted molar refractivity (Wildman–Crippen MR) is 107 cm³/mol. The van der Waals surface area contributed by atoms with Gasteiger partial charge in [0.1, 0.15) is 5.52 Å². The summed E-state index contributed by atoms with van der Waals surface area (Å²) in [5.41, 5.74) is 3.82. The van der Waals surface area contributed by atoms with Gasteiger partial charge in [0.05, 0.1) is 11.0 Å². The van der Waals surface area contributed by atoms with E-state index in [2.05, 4.69) is 22.4 Å². The first kappa shape index (κ1) is 17.1. The lowest BCUT2D eigenvalue weighted by Gasteiger charge is -2.08. The zero-order valence-electron chi connectivity index (χ0n) is 14.9. The highest BCUT2D eigenvalue weighted by atomic mass is 16.1. The molecule has 2 aromatic heterocycles. The molecule has 27 heavy (non-hydrogen) atoms. The first-order valence-electron chi connectivity index (χ1n) is 9.17. The van der Waals surface area contributed by atoms with Crippen molar-refractivity contribution in [3.8, 4) is 0 Å². The van der Waals surface area contributed by atoms with Crippen molar-refractivity contribution in [2.75, 3.05) is 6.54 Å². The highest BCUT2D eigenvalue weighted by molar-refractivity contribution is 5.97. The molecule has 2 N–H and O–H groups in total. The molecule has 4 aromatic rings. The summed E-state index contributed by atoms with van der Waals surface area (Å²) in [5, 5.41) is 2.96. The van der Waals surface area contributed by atoms with Crippen LogP contribution in [0, 0.1) is 0 Å². The van der Waals surface area contributed by atoms with Gasteiger partial charge in [-0.25, -0.2) is 0 Å². The number of hydrogen-bond donors (Lipinski definition) is 2. The number of aromatic amines is 1. The molecule has 5 nitrogen and oxygen atoms in total. The minimum Gasteiger partial charge on any atom is -0.352 e. The standard InChI is InChI=1S/C22H21N3O2/c26-21(23-13-5-4-9-16-7-2-1-3-8-16)17-11-12-19-18(15-17)24-22(27)20-10-6-14-25(19)20/h1-3,6-8,10-12,14-15H,4-5,9,13H2,(H,23,26)(H,24,27). The van der Waals surface area contributed by atoms with Gasteiger partial charge in [-0.05, 0) is 55.2 Å². The van der Waals surface area contributed by atoms with Crippen molar-refractivity contribution >= 4 is 22.5 Å². The third kappa shape index (κ3) is 3.62. The van der Waals surface area contributed by atoms with Gasteiger partial charge in [0.25, 0.3) is 11.5 Å². The van der Waals surface area contributed by atoms with Crippen LogP contribution in [-0.2, 0) is 6.42 Å². The molecule has 0 aliphatic carbocycles. The molecule has 0 radical (unpaired) electrons. The minimum absolute atomic E-state index is 0.120. The van der Waals surface area contributed by atoms with Crippen LogP contribution >= 0.6 is 0 Å². The molecule has 136 valence electrons. The minimum atomic E-state index is -0.161. The van der Waals surface area contributed by atoms with Gasteiger partial charge in [-0.15, -0.1) is 0 Å². The fourth-order valence-electron chi connectivity index (χ4n) is 3.35. The summed E-state index contributed by atoms with van der Waals surface area (Å²) in [7, 11) is 0. The van der Waals surface area contributed by atoms with Crippen LogP contribution in [-0.4, -0.2) is 21.8 Å². The Kier molecular flexibility index (Phi) is 4.75. The number of hydrogen-bond acceptors (Lipinski definition) is 2. The van der Waals surface area contributed by atoms with Crippen LogP contribution in [0.4, 0.5) is 0 Å². The molecule has 0 aliphatic heterocycles. The van der Waals surface area contributed by atoms with Crippen LogP contribution in [0.2, 0.25) is 0 Å². The van der Waals surface area contributed by atoms with E-state index in [0.29, 0.717) is 23.1 Å². The van der Waals surface area contributed by atoms with Crippen molar-refractivity contribution in [2.24, 2.45) is 0 Å². The number of aromatic nitrogens is 2. The highest BCUT2D eigenvalue weighted by Gasteiger charge is 2.09. The Balaban J connectivity index is 1.39. The van der Waals surface area contributed by atoms with Crippen LogP contribution in [0.5, 0.6) is 0 Å². The fraction of sp³-hybridized carbons (Fsp3) is 0.182. The van der Waals surface area contributed by atoms with Crippen molar-refractivity contribution in [1.29, 1.82) is 0 Å².